The summed E-state index contributed by atoms with van der Waals surface area (Å²) in [6.45, 7) is 1.93. The van der Waals surface area contributed by atoms with Gasteiger partial charge in [0.05, 0.1) is 6.04 Å². The number of carbonyl (C=O) groups is 1. The molecule has 0 fully saturated rings. The summed E-state index contributed by atoms with van der Waals surface area (Å²) in [4.78, 5) is 14.8. The fraction of sp³-hybridized carbons (Fsp3) is 0.136. The van der Waals surface area contributed by atoms with Gasteiger partial charge < -0.3 is 4.90 Å². The molecule has 0 saturated carbocycles. The van der Waals surface area contributed by atoms with E-state index in [1.54, 1.807) is 24.1 Å². The third-order valence-electron chi connectivity index (χ3n) is 4.38. The van der Waals surface area contributed by atoms with Crippen molar-refractivity contribution in [1.82, 2.24) is 4.90 Å². The van der Waals surface area contributed by atoms with Crippen LogP contribution in [0.1, 0.15) is 33.1 Å². The van der Waals surface area contributed by atoms with Gasteiger partial charge in [0.1, 0.15) is 5.82 Å². The Morgan fingerprint density at radius 1 is 0.840 bits per heavy atom. The summed E-state index contributed by atoms with van der Waals surface area (Å²) in [5.41, 5.74) is 3.47. The lowest BCUT2D eigenvalue weighted by atomic mass is 9.96. The number of carbonyl (C=O) groups excluding carboxylic acids is 1. The first-order valence-corrected chi connectivity index (χ1v) is 8.21. The summed E-state index contributed by atoms with van der Waals surface area (Å²) in [7, 11) is 1.79. The minimum absolute atomic E-state index is 0.0590. The van der Waals surface area contributed by atoms with Crippen molar-refractivity contribution in [2.75, 3.05) is 7.05 Å². The third kappa shape index (κ3) is 3.61. The number of nitrogens with zero attached hydrogens (tertiary/aromatic N) is 1. The normalized spacial score (nSPS) is 11.8. The maximum absolute atomic E-state index is 13.3. The summed E-state index contributed by atoms with van der Waals surface area (Å²) in [6, 6.07) is 23.4. The molecule has 126 valence electrons. The van der Waals surface area contributed by atoms with Gasteiger partial charge in [-0.1, -0.05) is 60.7 Å². The highest BCUT2D eigenvalue weighted by Crippen LogP contribution is 2.29. The van der Waals surface area contributed by atoms with E-state index in [2.05, 4.69) is 0 Å². The van der Waals surface area contributed by atoms with Gasteiger partial charge in [0, 0.05) is 12.6 Å². The number of benzene rings is 3. The molecule has 0 aliphatic carbocycles. The van der Waals surface area contributed by atoms with E-state index in [1.807, 2.05) is 61.5 Å². The topological polar surface area (TPSA) is 20.3 Å². The van der Waals surface area contributed by atoms with Crippen LogP contribution >= 0.6 is 0 Å². The second-order valence-corrected chi connectivity index (χ2v) is 6.10. The number of halogens is 1. The number of amides is 1. The van der Waals surface area contributed by atoms with Crippen molar-refractivity contribution in [2.24, 2.45) is 0 Å². The molecule has 0 bridgehead atoms. The Balaban J connectivity index is 2.03. The van der Waals surface area contributed by atoms with Gasteiger partial charge in [-0.15, -0.1) is 0 Å². The van der Waals surface area contributed by atoms with Crippen molar-refractivity contribution >= 4 is 5.91 Å². The average molecular weight is 333 g/mol. The van der Waals surface area contributed by atoms with Crippen LogP contribution in [0.2, 0.25) is 0 Å². The Morgan fingerprint density at radius 3 is 2.04 bits per heavy atom. The van der Waals surface area contributed by atoms with Crippen LogP contribution in [-0.4, -0.2) is 17.9 Å². The summed E-state index contributed by atoms with van der Waals surface area (Å²) in [6.07, 6.45) is 0. The van der Waals surface area contributed by atoms with Crippen LogP contribution in [0.4, 0.5) is 4.39 Å². The molecule has 25 heavy (non-hydrogen) atoms. The molecule has 1 unspecified atom stereocenters. The molecule has 1 atom stereocenters. The lowest BCUT2D eigenvalue weighted by molar-refractivity contribution is 0.0754. The summed E-state index contributed by atoms with van der Waals surface area (Å²) >= 11 is 0. The van der Waals surface area contributed by atoms with E-state index in [-0.39, 0.29) is 17.8 Å². The predicted molar refractivity (Wildman–Crippen MR) is 98.0 cm³/mol. The molecule has 0 spiro atoms. The largest absolute Gasteiger partial charge is 0.331 e. The highest BCUT2D eigenvalue weighted by Gasteiger charge is 2.25. The van der Waals surface area contributed by atoms with E-state index in [0.717, 1.165) is 16.7 Å². The minimum atomic E-state index is -0.288. The standard InChI is InChI=1S/C22H20FNO/c1-16-8-6-7-11-20(16)22(25)24(2)21(17-9-4-3-5-10-17)18-12-14-19(23)15-13-18/h3-15,21H,1-2H3. The van der Waals surface area contributed by atoms with Crippen LogP contribution < -0.4 is 0 Å². The Kier molecular flexibility index (Phi) is 4.94. The quantitative estimate of drug-likeness (QED) is 0.658. The maximum Gasteiger partial charge on any atom is 0.254 e. The van der Waals surface area contributed by atoms with Crippen LogP contribution in [0.5, 0.6) is 0 Å². The first kappa shape index (κ1) is 16.9. The van der Waals surface area contributed by atoms with Gasteiger partial charge in [-0.05, 0) is 41.8 Å². The van der Waals surface area contributed by atoms with Gasteiger partial charge in [-0.25, -0.2) is 4.39 Å². The zero-order chi connectivity index (χ0) is 17.8. The molecule has 0 aliphatic rings. The van der Waals surface area contributed by atoms with Gasteiger partial charge >= 0.3 is 0 Å². The summed E-state index contributed by atoms with van der Waals surface area (Å²) in [5, 5.41) is 0. The molecule has 3 heteroatoms. The number of hydrogen-bond acceptors (Lipinski definition) is 1. The highest BCUT2D eigenvalue weighted by atomic mass is 19.1. The monoisotopic (exact) mass is 333 g/mol. The van der Waals surface area contributed by atoms with Crippen LogP contribution in [0.15, 0.2) is 78.9 Å². The Bertz CT molecular complexity index is 859. The lowest BCUT2D eigenvalue weighted by Gasteiger charge is -2.29. The first-order chi connectivity index (χ1) is 12.1. The molecule has 0 aromatic heterocycles. The van der Waals surface area contributed by atoms with Crippen molar-refractivity contribution < 1.29 is 9.18 Å². The van der Waals surface area contributed by atoms with Crippen LogP contribution in [0, 0.1) is 12.7 Å². The fourth-order valence-electron chi connectivity index (χ4n) is 3.04. The maximum atomic E-state index is 13.3. The Labute approximate surface area is 147 Å². The first-order valence-electron chi connectivity index (χ1n) is 8.21. The van der Waals surface area contributed by atoms with Crippen LogP contribution in [0.3, 0.4) is 0 Å². The van der Waals surface area contributed by atoms with Gasteiger partial charge in [0.25, 0.3) is 5.91 Å². The zero-order valence-electron chi connectivity index (χ0n) is 14.3. The van der Waals surface area contributed by atoms with E-state index in [1.165, 1.54) is 12.1 Å². The van der Waals surface area contributed by atoms with E-state index in [9.17, 15) is 9.18 Å². The fourth-order valence-corrected chi connectivity index (χ4v) is 3.04. The van der Waals surface area contributed by atoms with E-state index in [4.69, 9.17) is 0 Å². The van der Waals surface area contributed by atoms with Crippen molar-refractivity contribution in [3.8, 4) is 0 Å². The van der Waals surface area contributed by atoms with Crippen molar-refractivity contribution in [3.63, 3.8) is 0 Å². The van der Waals surface area contributed by atoms with Crippen molar-refractivity contribution in [3.05, 3.63) is 107 Å². The van der Waals surface area contributed by atoms with E-state index >= 15 is 0 Å². The molecular formula is C22H20FNO. The summed E-state index contributed by atoms with van der Waals surface area (Å²) < 4.78 is 13.3. The SMILES string of the molecule is Cc1ccccc1C(=O)N(C)C(c1ccccc1)c1ccc(F)cc1. The number of rotatable bonds is 4. The molecule has 3 aromatic carbocycles. The molecule has 3 aromatic rings. The van der Waals surface area contributed by atoms with Gasteiger partial charge in [-0.2, -0.15) is 0 Å². The molecule has 0 saturated heterocycles. The average Bonchev–Trinajstić information content (AvgIpc) is 2.64. The second kappa shape index (κ2) is 7.31. The number of aryl methyl sites for hydroxylation is 1. The smallest absolute Gasteiger partial charge is 0.254 e. The number of hydrogen-bond donors (Lipinski definition) is 0. The minimum Gasteiger partial charge on any atom is -0.331 e. The molecule has 3 rings (SSSR count). The predicted octanol–water partition coefficient (Wildman–Crippen LogP) is 5.00. The zero-order valence-corrected chi connectivity index (χ0v) is 14.3. The van der Waals surface area contributed by atoms with Crippen LogP contribution in [0.25, 0.3) is 0 Å². The van der Waals surface area contributed by atoms with Gasteiger partial charge in [0.2, 0.25) is 0 Å². The van der Waals surface area contributed by atoms with E-state index < -0.39 is 0 Å². The molecule has 2 nitrogen and oxygen atoms in total. The lowest BCUT2D eigenvalue weighted by Crippen LogP contribution is -2.32. The molecular weight excluding hydrogens is 313 g/mol. The summed E-state index contributed by atoms with van der Waals surface area (Å²) in [5.74, 6) is -0.347. The van der Waals surface area contributed by atoms with Crippen LogP contribution in [-0.2, 0) is 0 Å². The molecule has 0 radical (unpaired) electrons. The van der Waals surface area contributed by atoms with Crippen molar-refractivity contribution in [2.45, 2.75) is 13.0 Å². The van der Waals surface area contributed by atoms with Gasteiger partial charge in [0.15, 0.2) is 0 Å². The van der Waals surface area contributed by atoms with Gasteiger partial charge in [-0.3, -0.25) is 4.79 Å². The molecule has 1 amide bonds. The highest BCUT2D eigenvalue weighted by molar-refractivity contribution is 5.96. The Hall–Kier alpha value is -2.94. The molecule has 0 N–H and O–H groups in total. The molecule has 0 aliphatic heterocycles. The Morgan fingerprint density at radius 2 is 1.40 bits per heavy atom. The van der Waals surface area contributed by atoms with Crippen molar-refractivity contribution in [1.29, 1.82) is 0 Å². The van der Waals surface area contributed by atoms with E-state index in [0.29, 0.717) is 5.56 Å². The third-order valence-corrected chi connectivity index (χ3v) is 4.38. The molecule has 0 heterocycles. The second-order valence-electron chi connectivity index (χ2n) is 6.10.